The molecule has 1 aromatic heterocycles. The Morgan fingerprint density at radius 2 is 2.35 bits per heavy atom. The number of aromatic amines is 1. The van der Waals surface area contributed by atoms with Crippen LogP contribution in [0.2, 0.25) is 0 Å². The van der Waals surface area contributed by atoms with E-state index in [0.717, 1.165) is 11.8 Å². The molecule has 2 aromatic rings. The summed E-state index contributed by atoms with van der Waals surface area (Å²) in [4.78, 5) is 6.86. The number of phenols is 1. The molecular weight excluding hydrogens is 221 g/mol. The van der Waals surface area contributed by atoms with Gasteiger partial charge in [0.1, 0.15) is 11.6 Å². The van der Waals surface area contributed by atoms with Crippen LogP contribution < -0.4 is 5.32 Å². The maximum Gasteiger partial charge on any atom is 0.131 e. The molecule has 2 rings (SSSR count). The molecule has 0 amide bonds. The maximum atomic E-state index is 13.5. The molecule has 0 saturated carbocycles. The van der Waals surface area contributed by atoms with E-state index in [9.17, 15) is 4.39 Å². The molecular formula is C12H14FN3O. The number of halogens is 1. The highest BCUT2D eigenvalue weighted by atomic mass is 19.1. The highest BCUT2D eigenvalue weighted by Crippen LogP contribution is 2.21. The smallest absolute Gasteiger partial charge is 0.131 e. The van der Waals surface area contributed by atoms with Crippen LogP contribution in [0.25, 0.3) is 0 Å². The monoisotopic (exact) mass is 235 g/mol. The fraction of sp³-hybridized carbons (Fsp3) is 0.250. The minimum Gasteiger partial charge on any atom is -0.508 e. The fourth-order valence-electron chi connectivity index (χ4n) is 1.62. The lowest BCUT2D eigenvalue weighted by atomic mass is 10.1. The zero-order valence-electron chi connectivity index (χ0n) is 9.44. The molecule has 0 saturated heterocycles. The second-order valence-electron chi connectivity index (χ2n) is 3.89. The summed E-state index contributed by atoms with van der Waals surface area (Å²) in [5.41, 5.74) is 1.47. The first kappa shape index (κ1) is 11.6. The summed E-state index contributed by atoms with van der Waals surface area (Å²) in [5.74, 6) is -0.471. The van der Waals surface area contributed by atoms with E-state index in [1.165, 1.54) is 6.07 Å². The van der Waals surface area contributed by atoms with Gasteiger partial charge in [-0.2, -0.15) is 0 Å². The molecule has 1 heterocycles. The molecule has 4 nitrogen and oxygen atoms in total. The minimum atomic E-state index is -0.408. The van der Waals surface area contributed by atoms with Crippen molar-refractivity contribution in [2.45, 2.75) is 19.5 Å². The summed E-state index contributed by atoms with van der Waals surface area (Å²) < 4.78 is 13.5. The van der Waals surface area contributed by atoms with Gasteiger partial charge in [-0.3, -0.25) is 0 Å². The number of rotatable bonds is 4. The van der Waals surface area contributed by atoms with Crippen LogP contribution in [0, 0.1) is 5.82 Å². The van der Waals surface area contributed by atoms with Crippen molar-refractivity contribution >= 4 is 0 Å². The van der Waals surface area contributed by atoms with E-state index in [2.05, 4.69) is 15.3 Å². The standard InChI is InChI=1S/C12H14FN3O/c1-8(15-6-9-5-14-7-16-9)11-3-2-10(17)4-12(11)13/h2-5,7-8,15,17H,6H2,1H3,(H,14,16). The molecule has 0 aliphatic heterocycles. The Morgan fingerprint density at radius 1 is 1.53 bits per heavy atom. The van der Waals surface area contributed by atoms with Crippen LogP contribution in [0.15, 0.2) is 30.7 Å². The summed E-state index contributed by atoms with van der Waals surface area (Å²) in [6.45, 7) is 2.45. The lowest BCUT2D eigenvalue weighted by molar-refractivity contribution is 0.463. The van der Waals surface area contributed by atoms with Gasteiger partial charge in [0, 0.05) is 36.1 Å². The topological polar surface area (TPSA) is 60.9 Å². The van der Waals surface area contributed by atoms with Crippen LogP contribution >= 0.6 is 0 Å². The third-order valence-corrected chi connectivity index (χ3v) is 2.60. The molecule has 0 bridgehead atoms. The SMILES string of the molecule is CC(NCc1cnc[nH]1)c1ccc(O)cc1F. The number of benzene rings is 1. The largest absolute Gasteiger partial charge is 0.508 e. The molecule has 0 fully saturated rings. The van der Waals surface area contributed by atoms with Crippen molar-refractivity contribution < 1.29 is 9.50 Å². The summed E-state index contributed by atoms with van der Waals surface area (Å²) in [6, 6.07) is 4.03. The predicted octanol–water partition coefficient (Wildman–Crippen LogP) is 2.11. The second-order valence-corrected chi connectivity index (χ2v) is 3.89. The second kappa shape index (κ2) is 4.97. The molecule has 0 radical (unpaired) electrons. The Balaban J connectivity index is 2.01. The number of aromatic hydroxyl groups is 1. The van der Waals surface area contributed by atoms with Crippen molar-refractivity contribution in [2.75, 3.05) is 0 Å². The summed E-state index contributed by atoms with van der Waals surface area (Å²) >= 11 is 0. The predicted molar refractivity (Wildman–Crippen MR) is 61.9 cm³/mol. The van der Waals surface area contributed by atoms with Gasteiger partial charge in [0.25, 0.3) is 0 Å². The molecule has 0 aliphatic carbocycles. The fourth-order valence-corrected chi connectivity index (χ4v) is 1.62. The molecule has 1 aromatic carbocycles. The summed E-state index contributed by atoms with van der Waals surface area (Å²) in [7, 11) is 0. The van der Waals surface area contributed by atoms with Gasteiger partial charge in [0.15, 0.2) is 0 Å². The maximum absolute atomic E-state index is 13.5. The number of phenolic OH excluding ortho intramolecular Hbond substituents is 1. The first-order valence-corrected chi connectivity index (χ1v) is 5.36. The summed E-state index contributed by atoms with van der Waals surface area (Å²) in [6.07, 6.45) is 3.32. The lowest BCUT2D eigenvalue weighted by Gasteiger charge is -2.14. The van der Waals surface area contributed by atoms with Crippen LogP contribution in [0.5, 0.6) is 5.75 Å². The highest BCUT2D eigenvalue weighted by molar-refractivity contribution is 5.29. The molecule has 1 unspecified atom stereocenters. The van der Waals surface area contributed by atoms with Crippen molar-refractivity contribution in [3.63, 3.8) is 0 Å². The minimum absolute atomic E-state index is 0.0629. The Labute approximate surface area is 98.5 Å². The third-order valence-electron chi connectivity index (χ3n) is 2.60. The van der Waals surface area contributed by atoms with Crippen molar-refractivity contribution in [2.24, 2.45) is 0 Å². The first-order chi connectivity index (χ1) is 8.16. The van der Waals surface area contributed by atoms with E-state index in [0.29, 0.717) is 12.1 Å². The number of nitrogens with zero attached hydrogens (tertiary/aromatic N) is 1. The van der Waals surface area contributed by atoms with Crippen LogP contribution in [-0.2, 0) is 6.54 Å². The number of H-pyrrole nitrogens is 1. The number of imidazole rings is 1. The van der Waals surface area contributed by atoms with E-state index in [1.54, 1.807) is 18.6 Å². The number of nitrogens with one attached hydrogen (secondary N) is 2. The zero-order valence-corrected chi connectivity index (χ0v) is 9.44. The van der Waals surface area contributed by atoms with E-state index in [-0.39, 0.29) is 11.8 Å². The van der Waals surface area contributed by atoms with E-state index < -0.39 is 5.82 Å². The van der Waals surface area contributed by atoms with Crippen molar-refractivity contribution in [1.29, 1.82) is 0 Å². The van der Waals surface area contributed by atoms with Gasteiger partial charge in [-0.25, -0.2) is 9.37 Å². The van der Waals surface area contributed by atoms with Gasteiger partial charge in [0.05, 0.1) is 6.33 Å². The molecule has 90 valence electrons. The molecule has 3 N–H and O–H groups in total. The van der Waals surface area contributed by atoms with Gasteiger partial charge >= 0.3 is 0 Å². The van der Waals surface area contributed by atoms with Crippen molar-refractivity contribution in [1.82, 2.24) is 15.3 Å². The van der Waals surface area contributed by atoms with Crippen LogP contribution in [-0.4, -0.2) is 15.1 Å². The van der Waals surface area contributed by atoms with Crippen LogP contribution in [0.3, 0.4) is 0 Å². The van der Waals surface area contributed by atoms with E-state index >= 15 is 0 Å². The van der Waals surface area contributed by atoms with Crippen LogP contribution in [0.1, 0.15) is 24.2 Å². The Hall–Kier alpha value is -1.88. The third kappa shape index (κ3) is 2.82. The molecule has 5 heteroatoms. The number of hydrogen-bond acceptors (Lipinski definition) is 3. The normalized spacial score (nSPS) is 12.6. The summed E-state index contributed by atoms with van der Waals surface area (Å²) in [5, 5.41) is 12.3. The van der Waals surface area contributed by atoms with Gasteiger partial charge in [-0.05, 0) is 13.0 Å². The highest BCUT2D eigenvalue weighted by Gasteiger charge is 2.11. The Morgan fingerprint density at radius 3 is 3.00 bits per heavy atom. The zero-order chi connectivity index (χ0) is 12.3. The Bertz CT molecular complexity index is 485. The molecule has 0 aliphatic rings. The molecule has 17 heavy (non-hydrogen) atoms. The molecule has 1 atom stereocenters. The first-order valence-electron chi connectivity index (χ1n) is 5.36. The van der Waals surface area contributed by atoms with Crippen molar-refractivity contribution in [3.8, 4) is 5.75 Å². The number of hydrogen-bond donors (Lipinski definition) is 3. The van der Waals surface area contributed by atoms with E-state index in [1.807, 2.05) is 6.92 Å². The lowest BCUT2D eigenvalue weighted by Crippen LogP contribution is -2.19. The number of aromatic nitrogens is 2. The van der Waals surface area contributed by atoms with Gasteiger partial charge in [-0.1, -0.05) is 6.07 Å². The van der Waals surface area contributed by atoms with E-state index in [4.69, 9.17) is 5.11 Å². The van der Waals surface area contributed by atoms with Gasteiger partial charge in [0.2, 0.25) is 0 Å². The molecule has 0 spiro atoms. The quantitative estimate of drug-likeness (QED) is 0.760. The van der Waals surface area contributed by atoms with Crippen molar-refractivity contribution in [3.05, 3.63) is 47.8 Å². The van der Waals surface area contributed by atoms with Gasteiger partial charge in [-0.15, -0.1) is 0 Å². The average Bonchev–Trinajstić information content (AvgIpc) is 2.78. The van der Waals surface area contributed by atoms with Crippen LogP contribution in [0.4, 0.5) is 4.39 Å². The Kier molecular flexibility index (Phi) is 3.39. The average molecular weight is 235 g/mol. The van der Waals surface area contributed by atoms with Gasteiger partial charge < -0.3 is 15.4 Å².